The Kier molecular flexibility index (Phi) is 4.23. The van der Waals surface area contributed by atoms with Gasteiger partial charge >= 0.3 is 5.97 Å². The van der Waals surface area contributed by atoms with E-state index in [-0.39, 0.29) is 11.8 Å². The molecule has 3 fully saturated rings. The largest absolute Gasteiger partial charge is 0.481 e. The molecule has 3 atom stereocenters. The molecule has 0 aliphatic heterocycles. The van der Waals surface area contributed by atoms with Gasteiger partial charge in [-0.2, -0.15) is 0 Å². The highest BCUT2D eigenvalue weighted by atomic mass is 16.4. The average molecular weight is 293 g/mol. The zero-order chi connectivity index (χ0) is 15.0. The molecule has 0 aromatic carbocycles. The highest BCUT2D eigenvalue weighted by Crippen LogP contribution is 2.41. The van der Waals surface area contributed by atoms with Gasteiger partial charge in [-0.25, -0.2) is 0 Å². The second-order valence-corrected chi connectivity index (χ2v) is 7.43. The van der Waals surface area contributed by atoms with Gasteiger partial charge in [0.05, 0.1) is 11.8 Å². The van der Waals surface area contributed by atoms with E-state index in [1.807, 2.05) is 4.90 Å². The molecule has 0 aromatic rings. The lowest BCUT2D eigenvalue weighted by atomic mass is 9.94. The molecule has 0 aromatic heterocycles. The predicted octanol–water partition coefficient (Wildman–Crippen LogP) is 2.77. The van der Waals surface area contributed by atoms with Gasteiger partial charge in [0.15, 0.2) is 0 Å². The molecule has 4 heteroatoms. The van der Waals surface area contributed by atoms with Crippen LogP contribution in [0.3, 0.4) is 0 Å². The Bertz CT molecular complexity index is 400. The quantitative estimate of drug-likeness (QED) is 0.785. The zero-order valence-corrected chi connectivity index (χ0v) is 13.0. The van der Waals surface area contributed by atoms with Gasteiger partial charge in [-0.3, -0.25) is 9.59 Å². The summed E-state index contributed by atoms with van der Waals surface area (Å²) in [6.45, 7) is 3.84. The second kappa shape index (κ2) is 5.98. The van der Waals surface area contributed by atoms with Crippen LogP contribution >= 0.6 is 0 Å². The molecule has 1 amide bonds. The van der Waals surface area contributed by atoms with Crippen molar-refractivity contribution in [3.63, 3.8) is 0 Å². The molecule has 4 nitrogen and oxygen atoms in total. The fraction of sp³-hybridized carbons (Fsp3) is 0.882. The SMILES string of the molecule is CCC1C[C@H](C(=O)N(CC2CC2)CC2CC2)[C@H](C(=O)O)C1. The van der Waals surface area contributed by atoms with Gasteiger partial charge in [-0.1, -0.05) is 13.3 Å². The van der Waals surface area contributed by atoms with Crippen LogP contribution in [0.25, 0.3) is 0 Å². The summed E-state index contributed by atoms with van der Waals surface area (Å²) in [5.74, 6) is 0.398. The first-order chi connectivity index (χ1) is 10.1. The van der Waals surface area contributed by atoms with E-state index in [0.717, 1.165) is 25.9 Å². The maximum absolute atomic E-state index is 12.9. The van der Waals surface area contributed by atoms with Crippen LogP contribution in [-0.2, 0) is 9.59 Å². The molecule has 0 bridgehead atoms. The summed E-state index contributed by atoms with van der Waals surface area (Å²) in [4.78, 5) is 26.4. The molecular formula is C17H27NO3. The topological polar surface area (TPSA) is 57.6 Å². The molecule has 3 saturated carbocycles. The lowest BCUT2D eigenvalue weighted by molar-refractivity contribution is -0.149. The van der Waals surface area contributed by atoms with Crippen LogP contribution in [0.4, 0.5) is 0 Å². The molecule has 1 N–H and O–H groups in total. The molecule has 0 radical (unpaired) electrons. The van der Waals surface area contributed by atoms with Crippen molar-refractivity contribution in [1.82, 2.24) is 4.90 Å². The Morgan fingerprint density at radius 2 is 1.48 bits per heavy atom. The van der Waals surface area contributed by atoms with E-state index in [9.17, 15) is 14.7 Å². The molecule has 3 aliphatic carbocycles. The number of amides is 1. The predicted molar refractivity (Wildman–Crippen MR) is 79.7 cm³/mol. The molecule has 0 heterocycles. The first-order valence-electron chi connectivity index (χ1n) is 8.60. The van der Waals surface area contributed by atoms with Gasteiger partial charge in [0.2, 0.25) is 5.91 Å². The fourth-order valence-electron chi connectivity index (χ4n) is 3.74. The van der Waals surface area contributed by atoms with Crippen molar-refractivity contribution in [2.75, 3.05) is 13.1 Å². The zero-order valence-electron chi connectivity index (χ0n) is 13.0. The van der Waals surface area contributed by atoms with Crippen LogP contribution in [-0.4, -0.2) is 35.0 Å². The van der Waals surface area contributed by atoms with E-state index < -0.39 is 11.9 Å². The Labute approximate surface area is 126 Å². The van der Waals surface area contributed by atoms with Crippen LogP contribution in [0.2, 0.25) is 0 Å². The fourth-order valence-corrected chi connectivity index (χ4v) is 3.74. The number of hydrogen-bond acceptors (Lipinski definition) is 2. The summed E-state index contributed by atoms with van der Waals surface area (Å²) in [7, 11) is 0. The Hall–Kier alpha value is -1.06. The van der Waals surface area contributed by atoms with Crippen molar-refractivity contribution in [3.8, 4) is 0 Å². The van der Waals surface area contributed by atoms with Gasteiger partial charge in [0, 0.05) is 13.1 Å². The molecule has 1 unspecified atom stereocenters. The number of hydrogen-bond donors (Lipinski definition) is 1. The first kappa shape index (κ1) is 14.9. The van der Waals surface area contributed by atoms with Crippen molar-refractivity contribution in [3.05, 3.63) is 0 Å². The van der Waals surface area contributed by atoms with Gasteiger partial charge in [0.1, 0.15) is 0 Å². The van der Waals surface area contributed by atoms with Gasteiger partial charge in [0.25, 0.3) is 0 Å². The van der Waals surface area contributed by atoms with Crippen molar-refractivity contribution in [2.45, 2.75) is 51.9 Å². The highest BCUT2D eigenvalue weighted by molar-refractivity contribution is 5.85. The second-order valence-electron chi connectivity index (χ2n) is 7.43. The third-order valence-corrected chi connectivity index (χ3v) is 5.53. The monoisotopic (exact) mass is 293 g/mol. The maximum atomic E-state index is 12.9. The number of rotatable bonds is 7. The minimum atomic E-state index is -0.776. The van der Waals surface area contributed by atoms with E-state index in [4.69, 9.17) is 0 Å². The molecule has 118 valence electrons. The summed E-state index contributed by atoms with van der Waals surface area (Å²) in [5.41, 5.74) is 0. The smallest absolute Gasteiger partial charge is 0.307 e. The van der Waals surface area contributed by atoms with Crippen molar-refractivity contribution in [2.24, 2.45) is 29.6 Å². The lowest BCUT2D eigenvalue weighted by Gasteiger charge is -2.27. The summed E-state index contributed by atoms with van der Waals surface area (Å²) in [6, 6.07) is 0. The molecule has 0 saturated heterocycles. The minimum absolute atomic E-state index is 0.136. The number of carbonyl (C=O) groups is 2. The van der Waals surface area contributed by atoms with Crippen LogP contribution < -0.4 is 0 Å². The molecule has 21 heavy (non-hydrogen) atoms. The first-order valence-corrected chi connectivity index (χ1v) is 8.60. The van der Waals surface area contributed by atoms with E-state index in [2.05, 4.69) is 6.92 Å². The summed E-state index contributed by atoms with van der Waals surface area (Å²) < 4.78 is 0. The third-order valence-electron chi connectivity index (χ3n) is 5.53. The Morgan fingerprint density at radius 3 is 1.90 bits per heavy atom. The van der Waals surface area contributed by atoms with Gasteiger partial charge < -0.3 is 10.0 Å². The van der Waals surface area contributed by atoms with Crippen molar-refractivity contribution >= 4 is 11.9 Å². The van der Waals surface area contributed by atoms with E-state index in [1.54, 1.807) is 0 Å². The number of nitrogens with zero attached hydrogens (tertiary/aromatic N) is 1. The number of carboxylic acid groups (broad SMARTS) is 1. The van der Waals surface area contributed by atoms with Crippen LogP contribution in [0, 0.1) is 29.6 Å². The summed E-state index contributed by atoms with van der Waals surface area (Å²) >= 11 is 0. The number of carbonyl (C=O) groups excluding carboxylic acids is 1. The standard InChI is InChI=1S/C17H27NO3/c1-2-11-7-14(15(8-11)17(20)21)16(19)18(9-12-3-4-12)10-13-5-6-13/h11-15H,2-10H2,1H3,(H,20,21)/t11?,14-,15+/m0/s1. The van der Waals surface area contributed by atoms with Crippen molar-refractivity contribution < 1.29 is 14.7 Å². The minimum Gasteiger partial charge on any atom is -0.481 e. The van der Waals surface area contributed by atoms with E-state index >= 15 is 0 Å². The lowest BCUT2D eigenvalue weighted by Crippen LogP contribution is -2.41. The number of aliphatic carboxylic acids is 1. The molecule has 0 spiro atoms. The Balaban J connectivity index is 1.68. The maximum Gasteiger partial charge on any atom is 0.307 e. The summed E-state index contributed by atoms with van der Waals surface area (Å²) in [6.07, 6.45) is 7.39. The highest BCUT2D eigenvalue weighted by Gasteiger charge is 2.44. The van der Waals surface area contributed by atoms with Crippen LogP contribution in [0.5, 0.6) is 0 Å². The van der Waals surface area contributed by atoms with Crippen molar-refractivity contribution in [1.29, 1.82) is 0 Å². The van der Waals surface area contributed by atoms with Crippen LogP contribution in [0.1, 0.15) is 51.9 Å². The average Bonchev–Trinajstić information content (AvgIpc) is 3.37. The van der Waals surface area contributed by atoms with E-state index in [0.29, 0.717) is 24.2 Å². The van der Waals surface area contributed by atoms with Crippen LogP contribution in [0.15, 0.2) is 0 Å². The third kappa shape index (κ3) is 3.58. The molecular weight excluding hydrogens is 266 g/mol. The van der Waals surface area contributed by atoms with Gasteiger partial charge in [-0.05, 0) is 56.3 Å². The molecule has 3 aliphatic rings. The number of carboxylic acids is 1. The normalized spacial score (nSPS) is 32.1. The van der Waals surface area contributed by atoms with Gasteiger partial charge in [-0.15, -0.1) is 0 Å². The molecule has 3 rings (SSSR count). The van der Waals surface area contributed by atoms with E-state index in [1.165, 1.54) is 25.7 Å². The summed E-state index contributed by atoms with van der Waals surface area (Å²) in [5, 5.41) is 9.45. The Morgan fingerprint density at radius 1 is 0.952 bits per heavy atom.